The first-order valence-electron chi connectivity index (χ1n) is 9.89. The Bertz CT molecular complexity index is 1030. The number of halogens is 1. The molecule has 0 heterocycles. The second kappa shape index (κ2) is 9.94. The van der Waals surface area contributed by atoms with Gasteiger partial charge >= 0.3 is 5.97 Å². The molecule has 1 fully saturated rings. The molecule has 0 spiro atoms. The van der Waals surface area contributed by atoms with Crippen molar-refractivity contribution in [1.29, 1.82) is 5.26 Å². The van der Waals surface area contributed by atoms with Crippen LogP contribution in [0, 0.1) is 23.1 Å². The molecule has 0 unspecified atom stereocenters. The first-order chi connectivity index (χ1) is 15.0. The maximum atomic E-state index is 14.1. The van der Waals surface area contributed by atoms with E-state index in [1.54, 1.807) is 0 Å². The van der Waals surface area contributed by atoms with Gasteiger partial charge in [-0.2, -0.15) is 5.26 Å². The van der Waals surface area contributed by atoms with Crippen LogP contribution in [-0.2, 0) is 16.1 Å². The van der Waals surface area contributed by atoms with Crippen molar-refractivity contribution in [2.45, 2.75) is 32.3 Å². The first-order valence-corrected chi connectivity index (χ1v) is 9.89. The highest BCUT2D eigenvalue weighted by Crippen LogP contribution is 2.35. The minimum Gasteiger partial charge on any atom is -0.493 e. The smallest absolute Gasteiger partial charge is 0.340 e. The van der Waals surface area contributed by atoms with Gasteiger partial charge in [-0.1, -0.05) is 18.9 Å². The fraction of sp³-hybridized carbons (Fsp3) is 0.348. The second-order valence-corrected chi connectivity index (χ2v) is 7.22. The summed E-state index contributed by atoms with van der Waals surface area (Å²) in [6, 6.07) is 8.67. The van der Waals surface area contributed by atoms with Gasteiger partial charge in [-0.3, -0.25) is 4.79 Å². The molecule has 7 nitrogen and oxygen atoms in total. The number of hydrogen-bond acceptors (Lipinski definition) is 6. The van der Waals surface area contributed by atoms with E-state index in [1.165, 1.54) is 38.5 Å². The highest BCUT2D eigenvalue weighted by atomic mass is 19.1. The van der Waals surface area contributed by atoms with Gasteiger partial charge in [-0.25, -0.2) is 9.18 Å². The number of carbonyl (C=O) groups excluding carboxylic acids is 2. The van der Waals surface area contributed by atoms with Crippen LogP contribution in [0.2, 0.25) is 0 Å². The highest BCUT2D eigenvalue weighted by molar-refractivity contribution is 6.02. The lowest BCUT2D eigenvalue weighted by Crippen LogP contribution is -2.22. The number of esters is 1. The molecule has 0 bridgehead atoms. The van der Waals surface area contributed by atoms with Gasteiger partial charge < -0.3 is 19.5 Å². The average Bonchev–Trinajstić information content (AvgIpc) is 3.32. The Balaban J connectivity index is 1.84. The highest BCUT2D eigenvalue weighted by Gasteiger charge is 2.26. The van der Waals surface area contributed by atoms with E-state index in [0.29, 0.717) is 5.75 Å². The van der Waals surface area contributed by atoms with E-state index in [0.717, 1.165) is 31.7 Å². The number of methoxy groups -OCH3 is 2. The topological polar surface area (TPSA) is 97.6 Å². The molecule has 0 aromatic heterocycles. The molecular formula is C23H23FN2O5. The number of ether oxygens (including phenoxy) is 3. The minimum absolute atomic E-state index is 0.0676. The zero-order chi connectivity index (χ0) is 22.4. The number of anilines is 1. The second-order valence-electron chi connectivity index (χ2n) is 7.22. The van der Waals surface area contributed by atoms with Crippen molar-refractivity contribution in [3.8, 4) is 17.6 Å². The van der Waals surface area contributed by atoms with Crippen LogP contribution in [0.4, 0.5) is 10.1 Å². The molecule has 1 saturated carbocycles. The predicted molar refractivity (Wildman–Crippen MR) is 110 cm³/mol. The minimum atomic E-state index is -0.758. The average molecular weight is 426 g/mol. The van der Waals surface area contributed by atoms with Gasteiger partial charge in [-0.15, -0.1) is 0 Å². The fourth-order valence-electron chi connectivity index (χ4n) is 3.53. The Hall–Kier alpha value is -3.60. The maximum absolute atomic E-state index is 14.1. The predicted octanol–water partition coefficient (Wildman–Crippen LogP) is 4.20. The Labute approximate surface area is 179 Å². The van der Waals surface area contributed by atoms with E-state index in [1.807, 2.05) is 6.07 Å². The van der Waals surface area contributed by atoms with Crippen LogP contribution >= 0.6 is 0 Å². The Morgan fingerprint density at radius 1 is 1.13 bits per heavy atom. The Morgan fingerprint density at radius 3 is 2.42 bits per heavy atom. The van der Waals surface area contributed by atoms with Gasteiger partial charge in [-0.05, 0) is 25.0 Å². The maximum Gasteiger partial charge on any atom is 0.340 e. The number of nitrogens with one attached hydrogen (secondary N) is 1. The van der Waals surface area contributed by atoms with Crippen LogP contribution in [0.3, 0.4) is 0 Å². The number of hydrogen-bond donors (Lipinski definition) is 1. The molecule has 1 amide bonds. The van der Waals surface area contributed by atoms with Crippen molar-refractivity contribution >= 4 is 17.6 Å². The van der Waals surface area contributed by atoms with Gasteiger partial charge in [0.1, 0.15) is 12.4 Å². The SMILES string of the molecule is COc1cc(NC(=O)C2CCCC2)c(C(=O)OCc2ccc(C#N)cc2F)cc1OC. The van der Waals surface area contributed by atoms with Gasteiger partial charge in [0.15, 0.2) is 11.5 Å². The molecule has 3 rings (SSSR count). The molecule has 0 saturated heterocycles. The van der Waals surface area contributed by atoms with Crippen molar-refractivity contribution in [3.63, 3.8) is 0 Å². The number of carbonyl (C=O) groups is 2. The number of nitriles is 1. The normalized spacial score (nSPS) is 13.4. The standard InChI is InChI=1S/C23H23FN2O5/c1-29-20-10-17(23(28)31-13-16-8-7-14(12-25)9-18(16)24)19(11-21(20)30-2)26-22(27)15-5-3-4-6-15/h7-11,15H,3-6,13H2,1-2H3,(H,26,27). The zero-order valence-electron chi connectivity index (χ0n) is 17.4. The number of nitrogens with zero attached hydrogens (tertiary/aromatic N) is 1. The van der Waals surface area contributed by atoms with E-state index in [-0.39, 0.29) is 46.6 Å². The number of amides is 1. The molecule has 1 aliphatic carbocycles. The summed E-state index contributed by atoms with van der Waals surface area (Å²) in [5.41, 5.74) is 0.603. The fourth-order valence-corrected chi connectivity index (χ4v) is 3.53. The molecular weight excluding hydrogens is 403 g/mol. The Morgan fingerprint density at radius 2 is 1.81 bits per heavy atom. The van der Waals surface area contributed by atoms with Crippen LogP contribution < -0.4 is 14.8 Å². The van der Waals surface area contributed by atoms with Gasteiger partial charge in [0, 0.05) is 23.6 Å². The van der Waals surface area contributed by atoms with Crippen molar-refractivity contribution in [2.24, 2.45) is 5.92 Å². The van der Waals surface area contributed by atoms with Crippen molar-refractivity contribution in [3.05, 3.63) is 52.8 Å². The molecule has 2 aromatic carbocycles. The summed E-state index contributed by atoms with van der Waals surface area (Å²) in [5.74, 6) is -1.04. The summed E-state index contributed by atoms with van der Waals surface area (Å²) >= 11 is 0. The summed E-state index contributed by atoms with van der Waals surface area (Å²) in [4.78, 5) is 25.4. The molecule has 8 heteroatoms. The monoisotopic (exact) mass is 426 g/mol. The van der Waals surface area contributed by atoms with Crippen LogP contribution in [0.25, 0.3) is 0 Å². The van der Waals surface area contributed by atoms with E-state index < -0.39 is 11.8 Å². The summed E-state index contributed by atoms with van der Waals surface area (Å²) in [6.07, 6.45) is 3.60. The molecule has 0 radical (unpaired) electrons. The third-order valence-electron chi connectivity index (χ3n) is 5.27. The molecule has 162 valence electrons. The molecule has 1 N–H and O–H groups in total. The molecule has 0 aliphatic heterocycles. The number of rotatable bonds is 7. The van der Waals surface area contributed by atoms with Crippen molar-refractivity contribution < 1.29 is 28.2 Å². The van der Waals surface area contributed by atoms with E-state index >= 15 is 0 Å². The van der Waals surface area contributed by atoms with Crippen LogP contribution in [0.1, 0.15) is 47.2 Å². The van der Waals surface area contributed by atoms with Gasteiger partial charge in [0.05, 0.1) is 37.1 Å². The first kappa shape index (κ1) is 22.1. The lowest BCUT2D eigenvalue weighted by atomic mass is 10.1. The third kappa shape index (κ3) is 5.12. The quantitative estimate of drug-likeness (QED) is 0.667. The molecule has 0 atom stereocenters. The van der Waals surface area contributed by atoms with Crippen LogP contribution in [0.5, 0.6) is 11.5 Å². The summed E-state index contributed by atoms with van der Waals surface area (Å²) < 4.78 is 29.9. The third-order valence-corrected chi connectivity index (χ3v) is 5.27. The van der Waals surface area contributed by atoms with Crippen molar-refractivity contribution in [2.75, 3.05) is 19.5 Å². The van der Waals surface area contributed by atoms with Gasteiger partial charge in [0.25, 0.3) is 0 Å². The van der Waals surface area contributed by atoms with E-state index in [9.17, 15) is 14.0 Å². The van der Waals surface area contributed by atoms with Crippen molar-refractivity contribution in [1.82, 2.24) is 0 Å². The van der Waals surface area contributed by atoms with E-state index in [2.05, 4.69) is 5.32 Å². The Kier molecular flexibility index (Phi) is 7.08. The van der Waals surface area contributed by atoms with Crippen LogP contribution in [-0.4, -0.2) is 26.1 Å². The molecule has 1 aliphatic rings. The van der Waals surface area contributed by atoms with Gasteiger partial charge in [0.2, 0.25) is 5.91 Å². The largest absolute Gasteiger partial charge is 0.493 e. The summed E-state index contributed by atoms with van der Waals surface area (Å²) in [5, 5.41) is 11.6. The zero-order valence-corrected chi connectivity index (χ0v) is 17.4. The number of benzene rings is 2. The lowest BCUT2D eigenvalue weighted by Gasteiger charge is -2.17. The molecule has 2 aromatic rings. The summed E-state index contributed by atoms with van der Waals surface area (Å²) in [6.45, 7) is -0.333. The summed E-state index contributed by atoms with van der Waals surface area (Å²) in [7, 11) is 2.88. The lowest BCUT2D eigenvalue weighted by molar-refractivity contribution is -0.119. The van der Waals surface area contributed by atoms with E-state index in [4.69, 9.17) is 19.5 Å². The molecule has 31 heavy (non-hydrogen) atoms. The van der Waals surface area contributed by atoms with Crippen LogP contribution in [0.15, 0.2) is 30.3 Å².